The molecule has 0 bridgehead atoms. The molecule has 4 heteroatoms. The van der Waals surface area contributed by atoms with Gasteiger partial charge in [-0.15, -0.1) is 11.3 Å². The molecule has 22 heavy (non-hydrogen) atoms. The number of benzene rings is 1. The number of fused-ring (bicyclic) bond motifs is 1. The minimum Gasteiger partial charge on any atom is -0.422 e. The summed E-state index contributed by atoms with van der Waals surface area (Å²) in [6.07, 6.45) is 5.33. The van der Waals surface area contributed by atoms with Crippen molar-refractivity contribution in [3.8, 4) is 10.4 Å². The Bertz CT molecular complexity index is 947. The van der Waals surface area contributed by atoms with E-state index in [9.17, 15) is 4.79 Å². The zero-order valence-corrected chi connectivity index (χ0v) is 13.2. The SMILES string of the molecule is O=c1ccc2cc(C3=CCC=CS3)cc(-c3cccs3)c2o1. The zero-order chi connectivity index (χ0) is 14.9. The van der Waals surface area contributed by atoms with Crippen LogP contribution in [-0.4, -0.2) is 0 Å². The van der Waals surface area contributed by atoms with Gasteiger partial charge in [0.15, 0.2) is 0 Å². The topological polar surface area (TPSA) is 30.2 Å². The fourth-order valence-corrected chi connectivity index (χ4v) is 4.06. The summed E-state index contributed by atoms with van der Waals surface area (Å²) in [5, 5.41) is 5.11. The van der Waals surface area contributed by atoms with E-state index >= 15 is 0 Å². The molecular weight excluding hydrogens is 312 g/mol. The zero-order valence-electron chi connectivity index (χ0n) is 11.6. The van der Waals surface area contributed by atoms with Crippen LogP contribution in [0.25, 0.3) is 26.3 Å². The smallest absolute Gasteiger partial charge is 0.336 e. The quantitative estimate of drug-likeness (QED) is 0.582. The molecule has 1 aliphatic rings. The maximum Gasteiger partial charge on any atom is 0.336 e. The molecule has 0 saturated carbocycles. The summed E-state index contributed by atoms with van der Waals surface area (Å²) in [5.41, 5.74) is 2.50. The number of hydrogen-bond acceptors (Lipinski definition) is 4. The Labute approximate surface area is 135 Å². The number of allylic oxidation sites excluding steroid dienone is 2. The molecule has 108 valence electrons. The van der Waals surface area contributed by atoms with Crippen molar-refractivity contribution in [1.29, 1.82) is 0 Å². The number of hydrogen-bond donors (Lipinski definition) is 0. The Hall–Kier alpha value is -2.04. The van der Waals surface area contributed by atoms with E-state index in [-0.39, 0.29) is 5.63 Å². The highest BCUT2D eigenvalue weighted by atomic mass is 32.2. The van der Waals surface area contributed by atoms with E-state index in [4.69, 9.17) is 4.42 Å². The van der Waals surface area contributed by atoms with Gasteiger partial charge in [0, 0.05) is 26.8 Å². The fourth-order valence-electron chi connectivity index (χ4n) is 2.52. The molecular formula is C18H12O2S2. The van der Waals surface area contributed by atoms with E-state index in [1.807, 2.05) is 17.5 Å². The van der Waals surface area contributed by atoms with E-state index in [1.54, 1.807) is 23.1 Å². The van der Waals surface area contributed by atoms with Crippen molar-refractivity contribution < 1.29 is 4.42 Å². The highest BCUT2D eigenvalue weighted by Gasteiger charge is 2.13. The Morgan fingerprint density at radius 1 is 1.14 bits per heavy atom. The second-order valence-corrected chi connectivity index (χ2v) is 6.86. The van der Waals surface area contributed by atoms with Gasteiger partial charge < -0.3 is 4.42 Å². The maximum atomic E-state index is 11.6. The lowest BCUT2D eigenvalue weighted by atomic mass is 10.0. The molecule has 3 aromatic rings. The average Bonchev–Trinajstić information content (AvgIpc) is 3.09. The van der Waals surface area contributed by atoms with E-state index in [0.29, 0.717) is 5.58 Å². The molecule has 4 rings (SSSR count). The fraction of sp³-hybridized carbons (Fsp3) is 0.0556. The second-order valence-electron chi connectivity index (χ2n) is 4.97. The third-order valence-corrected chi connectivity index (χ3v) is 5.41. The van der Waals surface area contributed by atoms with Gasteiger partial charge in [-0.05, 0) is 47.0 Å². The van der Waals surface area contributed by atoms with Crippen LogP contribution in [0.2, 0.25) is 0 Å². The summed E-state index contributed by atoms with van der Waals surface area (Å²) in [5.74, 6) is 0. The van der Waals surface area contributed by atoms with Crippen LogP contribution >= 0.6 is 23.1 Å². The van der Waals surface area contributed by atoms with Gasteiger partial charge in [0.25, 0.3) is 0 Å². The largest absolute Gasteiger partial charge is 0.422 e. The van der Waals surface area contributed by atoms with Gasteiger partial charge in [0.05, 0.1) is 0 Å². The third-order valence-electron chi connectivity index (χ3n) is 3.52. The molecule has 0 unspecified atom stereocenters. The van der Waals surface area contributed by atoms with Crippen LogP contribution in [-0.2, 0) is 0 Å². The van der Waals surface area contributed by atoms with Crippen molar-refractivity contribution in [3.05, 3.63) is 75.3 Å². The van der Waals surface area contributed by atoms with Crippen LogP contribution in [0.4, 0.5) is 0 Å². The van der Waals surface area contributed by atoms with Crippen molar-refractivity contribution in [2.45, 2.75) is 6.42 Å². The van der Waals surface area contributed by atoms with Crippen molar-refractivity contribution in [3.63, 3.8) is 0 Å². The van der Waals surface area contributed by atoms with Gasteiger partial charge in [0.1, 0.15) is 5.58 Å². The standard InChI is InChI=1S/C18H12O2S2/c19-17-7-6-12-10-13(15-4-1-2-8-21-15)11-14(18(12)20-17)16-5-3-9-22-16/h2-11H,1H2. The van der Waals surface area contributed by atoms with Gasteiger partial charge in [0.2, 0.25) is 0 Å². The summed E-state index contributed by atoms with van der Waals surface area (Å²) >= 11 is 3.38. The highest BCUT2D eigenvalue weighted by molar-refractivity contribution is 8.11. The molecule has 0 fully saturated rings. The minimum absolute atomic E-state index is 0.313. The molecule has 1 aromatic carbocycles. The van der Waals surface area contributed by atoms with Gasteiger partial charge in [-0.25, -0.2) is 4.79 Å². The minimum atomic E-state index is -0.313. The maximum absolute atomic E-state index is 11.6. The molecule has 2 aromatic heterocycles. The molecule has 0 atom stereocenters. The molecule has 2 nitrogen and oxygen atoms in total. The Kier molecular flexibility index (Phi) is 3.48. The summed E-state index contributed by atoms with van der Waals surface area (Å²) in [6.45, 7) is 0. The van der Waals surface area contributed by atoms with Crippen LogP contribution in [0.3, 0.4) is 0 Å². The molecule has 1 aliphatic heterocycles. The first kappa shape index (κ1) is 13.6. The lowest BCUT2D eigenvalue weighted by Crippen LogP contribution is -1.96. The molecule has 0 radical (unpaired) electrons. The van der Waals surface area contributed by atoms with Gasteiger partial charge in [-0.2, -0.15) is 0 Å². The van der Waals surface area contributed by atoms with Gasteiger partial charge >= 0.3 is 5.63 Å². The first-order valence-electron chi connectivity index (χ1n) is 6.95. The Morgan fingerprint density at radius 2 is 2.09 bits per heavy atom. The average molecular weight is 324 g/mol. The molecule has 0 saturated heterocycles. The predicted molar refractivity (Wildman–Crippen MR) is 95.1 cm³/mol. The van der Waals surface area contributed by atoms with Gasteiger partial charge in [-0.1, -0.05) is 30.0 Å². The first-order chi connectivity index (χ1) is 10.8. The van der Waals surface area contributed by atoms with Crippen LogP contribution in [0, 0.1) is 0 Å². The highest BCUT2D eigenvalue weighted by Crippen LogP contribution is 2.38. The van der Waals surface area contributed by atoms with Crippen LogP contribution in [0.1, 0.15) is 12.0 Å². The van der Waals surface area contributed by atoms with E-state index < -0.39 is 0 Å². The molecule has 0 N–H and O–H groups in total. The summed E-state index contributed by atoms with van der Waals surface area (Å²) in [6, 6.07) is 11.6. The van der Waals surface area contributed by atoms with E-state index in [2.05, 4.69) is 35.8 Å². The van der Waals surface area contributed by atoms with Crippen molar-refractivity contribution in [2.75, 3.05) is 0 Å². The van der Waals surface area contributed by atoms with E-state index in [0.717, 1.165) is 22.2 Å². The summed E-state index contributed by atoms with van der Waals surface area (Å²) in [4.78, 5) is 14.0. The third kappa shape index (κ3) is 2.45. The normalized spacial score (nSPS) is 14.3. The monoisotopic (exact) mass is 324 g/mol. The second kappa shape index (κ2) is 5.63. The molecule has 3 heterocycles. The van der Waals surface area contributed by atoms with Crippen LogP contribution in [0.15, 0.2) is 68.6 Å². The van der Waals surface area contributed by atoms with Crippen LogP contribution < -0.4 is 5.63 Å². The molecule has 0 spiro atoms. The summed E-state index contributed by atoms with van der Waals surface area (Å²) in [7, 11) is 0. The Balaban J connectivity index is 1.99. The predicted octanol–water partition coefficient (Wildman–Crippen LogP) is 5.51. The number of rotatable bonds is 2. The van der Waals surface area contributed by atoms with Crippen molar-refractivity contribution >= 4 is 39.0 Å². The van der Waals surface area contributed by atoms with Crippen molar-refractivity contribution in [1.82, 2.24) is 0 Å². The lowest BCUT2D eigenvalue weighted by molar-refractivity contribution is 0.562. The number of thiophene rings is 1. The van der Waals surface area contributed by atoms with Crippen molar-refractivity contribution in [2.24, 2.45) is 0 Å². The van der Waals surface area contributed by atoms with E-state index in [1.165, 1.54) is 16.5 Å². The Morgan fingerprint density at radius 3 is 2.86 bits per heavy atom. The number of thioether (sulfide) groups is 1. The molecule has 0 aliphatic carbocycles. The first-order valence-corrected chi connectivity index (χ1v) is 8.71. The molecule has 0 amide bonds. The summed E-state index contributed by atoms with van der Waals surface area (Å²) < 4.78 is 5.47. The van der Waals surface area contributed by atoms with Crippen LogP contribution in [0.5, 0.6) is 0 Å². The van der Waals surface area contributed by atoms with Gasteiger partial charge in [-0.3, -0.25) is 0 Å². The lowest BCUT2D eigenvalue weighted by Gasteiger charge is -2.11.